The van der Waals surface area contributed by atoms with Gasteiger partial charge in [-0.1, -0.05) is 97.1 Å². The van der Waals surface area contributed by atoms with E-state index in [1.54, 1.807) is 24.3 Å². The minimum atomic E-state index is -4.24. The maximum absolute atomic E-state index is 14.7. The zero-order valence-corrected chi connectivity index (χ0v) is 29.6. The molecule has 4 aromatic carbocycles. The number of nitrogens with zero attached hydrogens (tertiary/aromatic N) is 2. The van der Waals surface area contributed by atoms with Gasteiger partial charge < -0.3 is 10.2 Å². The Labute approximate surface area is 293 Å². The highest BCUT2D eigenvalue weighted by Crippen LogP contribution is 2.28. The van der Waals surface area contributed by atoms with Crippen molar-refractivity contribution in [3.8, 4) is 0 Å². The summed E-state index contributed by atoms with van der Waals surface area (Å²) in [6.45, 7) is 3.30. The van der Waals surface area contributed by atoms with Crippen molar-refractivity contribution in [3.63, 3.8) is 0 Å². The van der Waals surface area contributed by atoms with Crippen molar-refractivity contribution in [1.82, 2.24) is 10.2 Å². The van der Waals surface area contributed by atoms with Crippen LogP contribution in [0.1, 0.15) is 54.4 Å². The van der Waals surface area contributed by atoms with E-state index < -0.39 is 28.5 Å². The van der Waals surface area contributed by atoms with Gasteiger partial charge in [-0.2, -0.15) is 0 Å². The molecule has 1 aliphatic carbocycles. The van der Waals surface area contributed by atoms with E-state index in [-0.39, 0.29) is 29.8 Å². The van der Waals surface area contributed by atoms with Crippen LogP contribution in [0.5, 0.6) is 0 Å². The second kappa shape index (κ2) is 16.0. The Bertz CT molecular complexity index is 1830. The highest BCUT2D eigenvalue weighted by atomic mass is 35.5. The predicted molar refractivity (Wildman–Crippen MR) is 193 cm³/mol. The lowest BCUT2D eigenvalue weighted by molar-refractivity contribution is -0.140. The first-order chi connectivity index (χ1) is 23.0. The molecule has 1 saturated carbocycles. The zero-order valence-electron chi connectivity index (χ0n) is 27.2. The number of amides is 2. The van der Waals surface area contributed by atoms with Gasteiger partial charge in [-0.05, 0) is 91.4 Å². The standard InChI is InChI=1S/C38H41Cl2N3O4S/c1-27-17-20-33(23-28(27)2)43(48(46,47)34-21-18-31(39)19-22-34)26-37(44)42(25-30-13-9-10-16-35(30)40)36(24-29-11-5-3-6-12-29)38(45)41-32-14-7-4-8-15-32/h3,5-6,9-13,16-23,32,36H,4,7-8,14-15,24-26H2,1-2H3,(H,41,45)/t36-/m0/s1. The molecule has 0 spiro atoms. The lowest BCUT2D eigenvalue weighted by Gasteiger charge is -2.35. The van der Waals surface area contributed by atoms with E-state index in [9.17, 15) is 18.0 Å². The van der Waals surface area contributed by atoms with Crippen LogP contribution >= 0.6 is 23.2 Å². The topological polar surface area (TPSA) is 86.8 Å². The van der Waals surface area contributed by atoms with Crippen molar-refractivity contribution in [3.05, 3.63) is 129 Å². The SMILES string of the molecule is Cc1ccc(N(CC(=O)N(Cc2ccccc2Cl)[C@@H](Cc2ccccc2)C(=O)NC2CCCCC2)S(=O)(=O)c2ccc(Cl)cc2)cc1C. The number of sulfonamides is 1. The Kier molecular flexibility index (Phi) is 11.8. The van der Waals surface area contributed by atoms with Crippen molar-refractivity contribution in [1.29, 1.82) is 0 Å². The van der Waals surface area contributed by atoms with Gasteiger partial charge in [-0.25, -0.2) is 8.42 Å². The van der Waals surface area contributed by atoms with E-state index in [2.05, 4.69) is 5.32 Å². The van der Waals surface area contributed by atoms with Crippen LogP contribution in [0.15, 0.2) is 102 Å². The lowest BCUT2D eigenvalue weighted by Crippen LogP contribution is -2.55. The summed E-state index contributed by atoms with van der Waals surface area (Å²) in [7, 11) is -4.24. The average molecular weight is 707 g/mol. The first-order valence-corrected chi connectivity index (χ1v) is 18.5. The first-order valence-electron chi connectivity index (χ1n) is 16.3. The van der Waals surface area contributed by atoms with Crippen LogP contribution in [0.4, 0.5) is 5.69 Å². The Morgan fingerprint density at radius 1 is 0.833 bits per heavy atom. The molecule has 48 heavy (non-hydrogen) atoms. The van der Waals surface area contributed by atoms with Crippen LogP contribution in [0.3, 0.4) is 0 Å². The van der Waals surface area contributed by atoms with Crippen LogP contribution in [0, 0.1) is 13.8 Å². The third-order valence-electron chi connectivity index (χ3n) is 8.98. The monoisotopic (exact) mass is 705 g/mol. The number of nitrogens with one attached hydrogen (secondary N) is 1. The molecule has 252 valence electrons. The largest absolute Gasteiger partial charge is 0.352 e. The fourth-order valence-corrected chi connectivity index (χ4v) is 7.78. The maximum atomic E-state index is 14.7. The van der Waals surface area contributed by atoms with Crippen molar-refractivity contribution in [2.75, 3.05) is 10.8 Å². The molecule has 1 atom stereocenters. The molecule has 7 nitrogen and oxygen atoms in total. The summed E-state index contributed by atoms with van der Waals surface area (Å²) in [6, 6.07) is 26.9. The summed E-state index contributed by atoms with van der Waals surface area (Å²) in [6.07, 6.45) is 5.19. The van der Waals surface area contributed by atoms with Gasteiger partial charge in [0.2, 0.25) is 11.8 Å². The fraction of sp³-hybridized carbons (Fsp3) is 0.316. The average Bonchev–Trinajstić information content (AvgIpc) is 3.08. The van der Waals surface area contributed by atoms with Crippen molar-refractivity contribution in [2.45, 2.75) is 75.9 Å². The third kappa shape index (κ3) is 8.78. The van der Waals surface area contributed by atoms with E-state index >= 15 is 0 Å². The summed E-state index contributed by atoms with van der Waals surface area (Å²) < 4.78 is 29.7. The van der Waals surface area contributed by atoms with E-state index in [0.717, 1.165) is 53.1 Å². The molecular weight excluding hydrogens is 665 g/mol. The van der Waals surface area contributed by atoms with Gasteiger partial charge in [0, 0.05) is 29.1 Å². The molecule has 0 aromatic heterocycles. The summed E-state index contributed by atoms with van der Waals surface area (Å²) in [5.41, 5.74) is 3.72. The molecule has 5 rings (SSSR count). The Balaban J connectivity index is 1.58. The van der Waals surface area contributed by atoms with Crippen LogP contribution in [-0.4, -0.2) is 43.8 Å². The molecular formula is C38H41Cl2N3O4S. The molecule has 0 heterocycles. The van der Waals surface area contributed by atoms with Crippen molar-refractivity contribution in [2.24, 2.45) is 0 Å². The summed E-state index contributed by atoms with van der Waals surface area (Å²) in [4.78, 5) is 30.4. The van der Waals surface area contributed by atoms with E-state index in [1.807, 2.05) is 62.4 Å². The second-order valence-electron chi connectivity index (χ2n) is 12.4. The number of carbonyl (C=O) groups excluding carboxylic acids is 2. The van der Waals surface area contributed by atoms with Crippen LogP contribution in [0.25, 0.3) is 0 Å². The molecule has 1 aliphatic rings. The van der Waals surface area contributed by atoms with E-state index in [0.29, 0.717) is 21.3 Å². The van der Waals surface area contributed by atoms with Gasteiger partial charge in [0.25, 0.3) is 10.0 Å². The summed E-state index contributed by atoms with van der Waals surface area (Å²) in [5.74, 6) is -0.810. The molecule has 0 bridgehead atoms. The molecule has 0 saturated heterocycles. The Morgan fingerprint density at radius 3 is 2.17 bits per heavy atom. The Hall–Kier alpha value is -3.85. The zero-order chi connectivity index (χ0) is 34.3. The smallest absolute Gasteiger partial charge is 0.264 e. The van der Waals surface area contributed by atoms with Crippen LogP contribution in [0.2, 0.25) is 10.0 Å². The molecule has 0 radical (unpaired) electrons. The highest BCUT2D eigenvalue weighted by molar-refractivity contribution is 7.92. The molecule has 1 N–H and O–H groups in total. The minimum Gasteiger partial charge on any atom is -0.352 e. The molecule has 0 unspecified atom stereocenters. The number of hydrogen-bond acceptors (Lipinski definition) is 4. The maximum Gasteiger partial charge on any atom is 0.264 e. The quantitative estimate of drug-likeness (QED) is 0.162. The molecule has 1 fully saturated rings. The van der Waals surface area contributed by atoms with Gasteiger partial charge in [0.1, 0.15) is 12.6 Å². The van der Waals surface area contributed by atoms with Gasteiger partial charge in [0.05, 0.1) is 10.6 Å². The molecule has 2 amide bonds. The number of halogens is 2. The number of aryl methyl sites for hydroxylation is 2. The summed E-state index contributed by atoms with van der Waals surface area (Å²) >= 11 is 12.7. The summed E-state index contributed by atoms with van der Waals surface area (Å²) in [5, 5.41) is 4.06. The van der Waals surface area contributed by atoms with Crippen molar-refractivity contribution >= 4 is 50.7 Å². The van der Waals surface area contributed by atoms with Gasteiger partial charge in [0.15, 0.2) is 0 Å². The van der Waals surface area contributed by atoms with Gasteiger partial charge >= 0.3 is 0 Å². The number of hydrogen-bond donors (Lipinski definition) is 1. The highest BCUT2D eigenvalue weighted by Gasteiger charge is 2.35. The fourth-order valence-electron chi connectivity index (χ4n) is 6.05. The number of rotatable bonds is 12. The number of anilines is 1. The lowest BCUT2D eigenvalue weighted by atomic mass is 9.94. The Morgan fingerprint density at radius 2 is 1.50 bits per heavy atom. The second-order valence-corrected chi connectivity index (χ2v) is 15.1. The third-order valence-corrected chi connectivity index (χ3v) is 11.4. The minimum absolute atomic E-state index is 0.00791. The van der Waals surface area contributed by atoms with E-state index in [1.165, 1.54) is 29.2 Å². The van der Waals surface area contributed by atoms with Crippen molar-refractivity contribution < 1.29 is 18.0 Å². The first kappa shape index (κ1) is 35.5. The van der Waals surface area contributed by atoms with Crippen LogP contribution in [-0.2, 0) is 32.6 Å². The van der Waals surface area contributed by atoms with E-state index in [4.69, 9.17) is 23.2 Å². The van der Waals surface area contributed by atoms with Gasteiger partial charge in [-0.3, -0.25) is 13.9 Å². The van der Waals surface area contributed by atoms with Crippen LogP contribution < -0.4 is 9.62 Å². The number of carbonyl (C=O) groups is 2. The van der Waals surface area contributed by atoms with Gasteiger partial charge in [-0.15, -0.1) is 0 Å². The molecule has 4 aromatic rings. The molecule has 10 heteroatoms. The molecule has 0 aliphatic heterocycles. The predicted octanol–water partition coefficient (Wildman–Crippen LogP) is 7.89. The number of benzene rings is 4. The normalized spacial score (nSPS) is 14.2.